The van der Waals surface area contributed by atoms with Crippen LogP contribution in [0.2, 0.25) is 0 Å². The number of benzene rings is 2. The van der Waals surface area contributed by atoms with Gasteiger partial charge in [-0.3, -0.25) is 4.79 Å². The Morgan fingerprint density at radius 3 is 2.33 bits per heavy atom. The molecule has 236 valence electrons. The number of carbonyl (C=O) groups is 1. The monoisotopic (exact) mass is 610 g/mol. The number of aliphatic hydroxyl groups excluding tert-OH is 6. The highest BCUT2D eigenvalue weighted by Gasteiger charge is 2.51. The van der Waals surface area contributed by atoms with Crippen molar-refractivity contribution in [1.82, 2.24) is 0 Å². The molecule has 43 heavy (non-hydrogen) atoms. The number of methoxy groups -OCH3 is 1. The third-order valence-corrected chi connectivity index (χ3v) is 7.73. The Bertz CT molecular complexity index is 1320. The summed E-state index contributed by atoms with van der Waals surface area (Å²) in [5.41, 5.74) is 0.412. The Balaban J connectivity index is 1.42. The summed E-state index contributed by atoms with van der Waals surface area (Å²) in [6.07, 6.45) is -16.3. The maximum atomic E-state index is 13.0. The van der Waals surface area contributed by atoms with Gasteiger partial charge in [-0.1, -0.05) is 6.07 Å². The van der Waals surface area contributed by atoms with Gasteiger partial charge in [0.2, 0.25) is 6.29 Å². The molecule has 0 spiro atoms. The Morgan fingerprint density at radius 2 is 1.63 bits per heavy atom. The van der Waals surface area contributed by atoms with E-state index in [4.69, 9.17) is 28.4 Å². The molecule has 11 unspecified atom stereocenters. The number of rotatable bonds is 7. The van der Waals surface area contributed by atoms with Gasteiger partial charge in [-0.2, -0.15) is 0 Å². The van der Waals surface area contributed by atoms with E-state index in [2.05, 4.69) is 0 Å². The van der Waals surface area contributed by atoms with Gasteiger partial charge in [0.15, 0.2) is 29.7 Å². The van der Waals surface area contributed by atoms with Crippen molar-refractivity contribution < 1.29 is 74.1 Å². The Morgan fingerprint density at radius 1 is 0.884 bits per heavy atom. The zero-order valence-electron chi connectivity index (χ0n) is 23.1. The number of Topliss-reactive ketones (excluding diaryl/α,β-unsaturated/α-hetero) is 1. The van der Waals surface area contributed by atoms with Crippen LogP contribution in [0.5, 0.6) is 28.7 Å². The molecule has 15 nitrogen and oxygen atoms in total. The second-order valence-electron chi connectivity index (χ2n) is 10.6. The van der Waals surface area contributed by atoms with Crippen LogP contribution in [0, 0.1) is 0 Å². The summed E-state index contributed by atoms with van der Waals surface area (Å²) in [6, 6.07) is 6.84. The minimum Gasteiger partial charge on any atom is -0.507 e. The first kappa shape index (κ1) is 31.2. The highest BCUT2D eigenvalue weighted by molar-refractivity contribution is 6.02. The van der Waals surface area contributed by atoms with Gasteiger partial charge in [-0.15, -0.1) is 0 Å². The van der Waals surface area contributed by atoms with Gasteiger partial charge < -0.3 is 69.3 Å². The van der Waals surface area contributed by atoms with E-state index in [0.29, 0.717) is 5.56 Å². The minimum atomic E-state index is -1.76. The van der Waals surface area contributed by atoms with Crippen molar-refractivity contribution >= 4 is 5.78 Å². The maximum absolute atomic E-state index is 13.0. The predicted octanol–water partition coefficient (Wildman–Crippen LogP) is -1.16. The molecule has 3 aliphatic heterocycles. The van der Waals surface area contributed by atoms with Crippen LogP contribution in [-0.2, 0) is 14.2 Å². The van der Waals surface area contributed by atoms with Crippen molar-refractivity contribution in [2.45, 2.75) is 80.9 Å². The zero-order valence-corrected chi connectivity index (χ0v) is 23.1. The third kappa shape index (κ3) is 5.95. The van der Waals surface area contributed by atoms with Crippen molar-refractivity contribution in [2.75, 3.05) is 13.7 Å². The molecule has 5 rings (SSSR count). The zero-order chi connectivity index (χ0) is 31.2. The summed E-state index contributed by atoms with van der Waals surface area (Å²) in [6.45, 7) is 0.702. The van der Waals surface area contributed by atoms with Gasteiger partial charge in [-0.25, -0.2) is 0 Å². The fourth-order valence-corrected chi connectivity index (χ4v) is 5.27. The molecule has 2 fully saturated rings. The molecular formula is C28H34O15. The SMILES string of the molecule is COc1cc(C2CC(=O)c3c(O)cc(OC4OC(CO)C(O)C(O)C4OC4OC(C)C(O)C(O)C4O)cc3O2)ccc1O. The highest BCUT2D eigenvalue weighted by Crippen LogP contribution is 2.43. The number of aromatic hydroxyl groups is 2. The smallest absolute Gasteiger partial charge is 0.229 e. The molecule has 0 saturated carbocycles. The van der Waals surface area contributed by atoms with Gasteiger partial charge in [-0.05, 0) is 24.6 Å². The number of phenols is 2. The van der Waals surface area contributed by atoms with E-state index >= 15 is 0 Å². The van der Waals surface area contributed by atoms with Crippen molar-refractivity contribution in [3.05, 3.63) is 41.5 Å². The van der Waals surface area contributed by atoms with Gasteiger partial charge in [0.1, 0.15) is 65.5 Å². The number of hydrogen-bond acceptors (Lipinski definition) is 15. The molecule has 11 atom stereocenters. The second kappa shape index (κ2) is 12.4. The van der Waals surface area contributed by atoms with Crippen molar-refractivity contribution in [2.24, 2.45) is 0 Å². The normalized spacial score (nSPS) is 36.0. The van der Waals surface area contributed by atoms with Crippen LogP contribution >= 0.6 is 0 Å². The summed E-state index contributed by atoms with van der Waals surface area (Å²) >= 11 is 0. The van der Waals surface area contributed by atoms with Crippen LogP contribution < -0.4 is 14.2 Å². The Kier molecular flexibility index (Phi) is 8.99. The summed E-state index contributed by atoms with van der Waals surface area (Å²) in [4.78, 5) is 13.0. The van der Waals surface area contributed by atoms with E-state index in [0.717, 1.165) is 6.07 Å². The van der Waals surface area contributed by atoms with Gasteiger partial charge in [0.05, 0.1) is 26.2 Å². The van der Waals surface area contributed by atoms with E-state index in [1.54, 1.807) is 6.07 Å². The Hall–Kier alpha value is -3.25. The van der Waals surface area contributed by atoms with E-state index in [-0.39, 0.29) is 35.0 Å². The Labute approximate surface area is 245 Å². The molecule has 0 aromatic heterocycles. The average molecular weight is 611 g/mol. The summed E-state index contributed by atoms with van der Waals surface area (Å²) in [5.74, 6) is -1.03. The van der Waals surface area contributed by atoms with Crippen LogP contribution in [0.4, 0.5) is 0 Å². The number of hydrogen-bond donors (Lipinski definition) is 8. The topological polar surface area (TPSA) is 234 Å². The first-order valence-electron chi connectivity index (χ1n) is 13.5. The first-order valence-corrected chi connectivity index (χ1v) is 13.5. The molecule has 0 amide bonds. The van der Waals surface area contributed by atoms with Gasteiger partial charge in [0, 0.05) is 12.1 Å². The third-order valence-electron chi connectivity index (χ3n) is 7.73. The lowest BCUT2D eigenvalue weighted by molar-refractivity contribution is -0.354. The molecule has 2 saturated heterocycles. The lowest BCUT2D eigenvalue weighted by Gasteiger charge is -2.45. The highest BCUT2D eigenvalue weighted by atomic mass is 16.8. The van der Waals surface area contributed by atoms with Crippen LogP contribution in [0.1, 0.15) is 35.4 Å². The maximum Gasteiger partial charge on any atom is 0.229 e. The van der Waals surface area contributed by atoms with Gasteiger partial charge >= 0.3 is 0 Å². The number of ketones is 1. The van der Waals surface area contributed by atoms with E-state index in [1.165, 1.54) is 32.2 Å². The van der Waals surface area contributed by atoms with Crippen LogP contribution in [0.15, 0.2) is 30.3 Å². The fraction of sp³-hybridized carbons (Fsp3) is 0.536. The van der Waals surface area contributed by atoms with E-state index in [9.17, 15) is 45.6 Å². The lowest BCUT2D eigenvalue weighted by atomic mass is 9.95. The largest absolute Gasteiger partial charge is 0.507 e. The predicted molar refractivity (Wildman–Crippen MR) is 141 cm³/mol. The molecule has 2 aromatic rings. The number of carbonyl (C=O) groups excluding carboxylic acids is 1. The number of fused-ring (bicyclic) bond motifs is 1. The molecule has 3 heterocycles. The van der Waals surface area contributed by atoms with Gasteiger partial charge in [0.25, 0.3) is 0 Å². The average Bonchev–Trinajstić information content (AvgIpc) is 2.97. The number of aliphatic hydroxyl groups is 6. The first-order chi connectivity index (χ1) is 20.4. The number of phenolic OH excluding ortho intramolecular Hbond substituents is 2. The molecule has 0 aliphatic carbocycles. The summed E-state index contributed by atoms with van der Waals surface area (Å²) in [7, 11) is 1.37. The van der Waals surface area contributed by atoms with Crippen LogP contribution in [-0.4, -0.2) is 122 Å². The lowest BCUT2D eigenvalue weighted by Crippen LogP contribution is -2.64. The molecule has 8 N–H and O–H groups in total. The standard InChI is InChI=1S/C28H34O15/c1-10-21(33)23(35)25(37)27(39-10)43-26-24(36)22(34)19(9-29)42-28(26)40-12-6-14(31)20-15(32)8-16(41-18(20)7-12)11-3-4-13(30)17(5-11)38-2/h3-7,10,16,19,21-31,33-37H,8-9H2,1-2H3. The molecule has 2 aromatic carbocycles. The molecule has 15 heteroatoms. The molecule has 3 aliphatic rings. The summed E-state index contributed by atoms with van der Waals surface area (Å²) < 4.78 is 33.8. The minimum absolute atomic E-state index is 0.0483. The van der Waals surface area contributed by atoms with Crippen LogP contribution in [0.25, 0.3) is 0 Å². The van der Waals surface area contributed by atoms with E-state index < -0.39 is 85.7 Å². The quantitative estimate of drug-likeness (QED) is 0.185. The van der Waals surface area contributed by atoms with Crippen LogP contribution in [0.3, 0.4) is 0 Å². The molecule has 0 radical (unpaired) electrons. The van der Waals surface area contributed by atoms with Crippen molar-refractivity contribution in [1.29, 1.82) is 0 Å². The van der Waals surface area contributed by atoms with E-state index in [1.807, 2.05) is 0 Å². The summed E-state index contributed by atoms with van der Waals surface area (Å²) in [5, 5.41) is 82.2. The second-order valence-corrected chi connectivity index (χ2v) is 10.6. The molecule has 0 bridgehead atoms. The van der Waals surface area contributed by atoms with Crippen molar-refractivity contribution in [3.8, 4) is 28.7 Å². The molecular weight excluding hydrogens is 576 g/mol. The fourth-order valence-electron chi connectivity index (χ4n) is 5.27. The van der Waals surface area contributed by atoms with Crippen molar-refractivity contribution in [3.63, 3.8) is 0 Å². The number of ether oxygens (including phenoxy) is 6.